The molecule has 1 aliphatic heterocycles. The molecule has 1 rings (SSSR count). The van der Waals surface area contributed by atoms with Crippen molar-refractivity contribution in [2.75, 3.05) is 26.2 Å². The number of carbonyl (C=O) groups is 1. The van der Waals surface area contributed by atoms with Gasteiger partial charge in [0, 0.05) is 19.5 Å². The molecule has 0 unspecified atom stereocenters. The third-order valence-corrected chi connectivity index (χ3v) is 2.20. The highest BCUT2D eigenvalue weighted by molar-refractivity contribution is 5.77. The molecule has 1 heterocycles. The van der Waals surface area contributed by atoms with Gasteiger partial charge < -0.3 is 10.2 Å². The minimum Gasteiger partial charge on any atom is -0.343 e. The van der Waals surface area contributed by atoms with Gasteiger partial charge >= 0.3 is 0 Å². The molecule has 0 atom stereocenters. The fourth-order valence-electron chi connectivity index (χ4n) is 1.51. The van der Waals surface area contributed by atoms with Crippen molar-refractivity contribution in [1.82, 2.24) is 10.2 Å². The molecular weight excluding hydrogens is 176 g/mol. The lowest BCUT2D eigenvalue weighted by atomic mass is 10.4. The lowest BCUT2D eigenvalue weighted by molar-refractivity contribution is -0.127. The molecule has 0 aromatic carbocycles. The molecule has 3 heteroatoms. The van der Waals surface area contributed by atoms with Crippen molar-refractivity contribution in [1.29, 1.82) is 0 Å². The van der Waals surface area contributed by atoms with Gasteiger partial charge in [-0.15, -0.1) is 0 Å². The van der Waals surface area contributed by atoms with Crippen molar-refractivity contribution < 1.29 is 4.79 Å². The molecule has 3 nitrogen and oxygen atoms in total. The Bertz CT molecular complexity index is 148. The van der Waals surface area contributed by atoms with Crippen molar-refractivity contribution >= 4 is 5.91 Å². The highest BCUT2D eigenvalue weighted by Gasteiger charge is 2.18. The van der Waals surface area contributed by atoms with Crippen LogP contribution in [0.5, 0.6) is 0 Å². The summed E-state index contributed by atoms with van der Waals surface area (Å²) < 4.78 is 0. The van der Waals surface area contributed by atoms with Crippen molar-refractivity contribution in [3.05, 3.63) is 0 Å². The van der Waals surface area contributed by atoms with Crippen molar-refractivity contribution in [3.63, 3.8) is 0 Å². The van der Waals surface area contributed by atoms with Gasteiger partial charge in [-0.3, -0.25) is 4.79 Å². The van der Waals surface area contributed by atoms with E-state index in [1.165, 1.54) is 0 Å². The largest absolute Gasteiger partial charge is 0.343 e. The van der Waals surface area contributed by atoms with Crippen molar-refractivity contribution in [2.45, 2.75) is 40.0 Å². The van der Waals surface area contributed by atoms with Gasteiger partial charge in [0.25, 0.3) is 0 Å². The van der Waals surface area contributed by atoms with Crippen LogP contribution in [0.15, 0.2) is 0 Å². The van der Waals surface area contributed by atoms with Crippen LogP contribution >= 0.6 is 0 Å². The van der Waals surface area contributed by atoms with Crippen LogP contribution in [0.2, 0.25) is 0 Å². The van der Waals surface area contributed by atoms with Gasteiger partial charge in [-0.05, 0) is 25.9 Å². The quantitative estimate of drug-likeness (QED) is 0.684. The van der Waals surface area contributed by atoms with Crippen LogP contribution in [0, 0.1) is 0 Å². The molecule has 14 heavy (non-hydrogen) atoms. The highest BCUT2D eigenvalue weighted by atomic mass is 16.2. The summed E-state index contributed by atoms with van der Waals surface area (Å²) in [5.74, 6) is 0.339. The normalized spacial score (nSPS) is 15.4. The van der Waals surface area contributed by atoms with E-state index in [2.05, 4.69) is 12.2 Å². The molecule has 0 bridgehead atoms. The molecule has 0 saturated carbocycles. The Balaban J connectivity index is 0.000000791. The SMILES string of the molecule is CC.CCNCCCN1CCCC1=O. The highest BCUT2D eigenvalue weighted by Crippen LogP contribution is 2.08. The van der Waals surface area contributed by atoms with Gasteiger partial charge in [0.2, 0.25) is 5.91 Å². The summed E-state index contributed by atoms with van der Waals surface area (Å²) in [7, 11) is 0. The average molecular weight is 200 g/mol. The predicted molar refractivity (Wildman–Crippen MR) is 60.3 cm³/mol. The van der Waals surface area contributed by atoms with E-state index in [-0.39, 0.29) is 0 Å². The minimum absolute atomic E-state index is 0.339. The van der Waals surface area contributed by atoms with E-state index >= 15 is 0 Å². The predicted octanol–water partition coefficient (Wildman–Crippen LogP) is 1.63. The monoisotopic (exact) mass is 200 g/mol. The van der Waals surface area contributed by atoms with Crippen LogP contribution < -0.4 is 5.32 Å². The Hall–Kier alpha value is -0.570. The van der Waals surface area contributed by atoms with E-state index < -0.39 is 0 Å². The van der Waals surface area contributed by atoms with Crippen LogP contribution in [0.1, 0.15) is 40.0 Å². The van der Waals surface area contributed by atoms with Crippen LogP contribution in [0.25, 0.3) is 0 Å². The molecule has 1 N–H and O–H groups in total. The Labute approximate surface area is 87.9 Å². The number of nitrogens with zero attached hydrogens (tertiary/aromatic N) is 1. The lowest BCUT2D eigenvalue weighted by Crippen LogP contribution is -2.28. The first-order valence-electron chi connectivity index (χ1n) is 5.83. The summed E-state index contributed by atoms with van der Waals surface area (Å²) in [4.78, 5) is 13.1. The maximum absolute atomic E-state index is 11.1. The number of carbonyl (C=O) groups excluding carboxylic acids is 1. The fraction of sp³-hybridized carbons (Fsp3) is 0.909. The molecule has 0 aliphatic carbocycles. The van der Waals surface area contributed by atoms with E-state index in [4.69, 9.17) is 0 Å². The average Bonchev–Trinajstić information content (AvgIpc) is 2.62. The number of hydrogen-bond donors (Lipinski definition) is 1. The zero-order chi connectivity index (χ0) is 10.8. The lowest BCUT2D eigenvalue weighted by Gasteiger charge is -2.14. The Morgan fingerprint density at radius 3 is 2.64 bits per heavy atom. The van der Waals surface area contributed by atoms with Gasteiger partial charge in [0.15, 0.2) is 0 Å². The number of hydrogen-bond acceptors (Lipinski definition) is 2. The molecule has 84 valence electrons. The number of amides is 1. The van der Waals surface area contributed by atoms with Crippen LogP contribution in [-0.2, 0) is 4.79 Å². The maximum Gasteiger partial charge on any atom is 0.222 e. The standard InChI is InChI=1S/C9H18N2O.C2H6/c1-2-10-6-4-8-11-7-3-5-9(11)12;1-2/h10H,2-8H2,1H3;1-2H3. The molecule has 1 aliphatic rings. The second kappa shape index (κ2) is 9.00. The molecule has 0 spiro atoms. The van der Waals surface area contributed by atoms with E-state index in [9.17, 15) is 4.79 Å². The second-order valence-electron chi connectivity index (χ2n) is 3.19. The van der Waals surface area contributed by atoms with E-state index in [1.54, 1.807) is 0 Å². The zero-order valence-corrected chi connectivity index (χ0v) is 9.81. The molecule has 1 amide bonds. The van der Waals surface area contributed by atoms with Gasteiger partial charge in [-0.25, -0.2) is 0 Å². The smallest absolute Gasteiger partial charge is 0.222 e. The van der Waals surface area contributed by atoms with Gasteiger partial charge in [0.1, 0.15) is 0 Å². The number of likely N-dealkylation sites (tertiary alicyclic amines) is 1. The number of nitrogens with one attached hydrogen (secondary N) is 1. The zero-order valence-electron chi connectivity index (χ0n) is 9.81. The molecule has 0 aromatic heterocycles. The molecule has 1 saturated heterocycles. The van der Waals surface area contributed by atoms with E-state index in [0.717, 1.165) is 45.4 Å². The minimum atomic E-state index is 0.339. The summed E-state index contributed by atoms with van der Waals surface area (Å²) in [5.41, 5.74) is 0. The first kappa shape index (κ1) is 13.4. The van der Waals surface area contributed by atoms with Crippen molar-refractivity contribution in [2.24, 2.45) is 0 Å². The van der Waals surface area contributed by atoms with E-state index in [0.29, 0.717) is 5.91 Å². The maximum atomic E-state index is 11.1. The molecular formula is C11H24N2O. The first-order valence-corrected chi connectivity index (χ1v) is 5.83. The summed E-state index contributed by atoms with van der Waals surface area (Å²) in [6.45, 7) is 10.1. The second-order valence-corrected chi connectivity index (χ2v) is 3.19. The Morgan fingerprint density at radius 2 is 2.14 bits per heavy atom. The van der Waals surface area contributed by atoms with Gasteiger partial charge in [-0.1, -0.05) is 20.8 Å². The fourth-order valence-corrected chi connectivity index (χ4v) is 1.51. The molecule has 1 fully saturated rings. The molecule has 0 aromatic rings. The first-order chi connectivity index (χ1) is 6.84. The summed E-state index contributed by atoms with van der Waals surface area (Å²) in [5, 5.41) is 3.25. The van der Waals surface area contributed by atoms with Crippen LogP contribution in [0.4, 0.5) is 0 Å². The summed E-state index contributed by atoms with van der Waals surface area (Å²) >= 11 is 0. The van der Waals surface area contributed by atoms with Crippen LogP contribution in [0.3, 0.4) is 0 Å². The topological polar surface area (TPSA) is 32.3 Å². The number of rotatable bonds is 5. The third-order valence-electron chi connectivity index (χ3n) is 2.20. The van der Waals surface area contributed by atoms with Crippen LogP contribution in [-0.4, -0.2) is 37.0 Å². The molecule has 0 radical (unpaired) electrons. The Kier molecular flexibility index (Phi) is 8.64. The van der Waals surface area contributed by atoms with E-state index in [1.807, 2.05) is 18.7 Å². The van der Waals surface area contributed by atoms with Gasteiger partial charge in [0.05, 0.1) is 0 Å². The third kappa shape index (κ3) is 5.22. The van der Waals surface area contributed by atoms with Crippen molar-refractivity contribution in [3.8, 4) is 0 Å². The summed E-state index contributed by atoms with van der Waals surface area (Å²) in [6.07, 6.45) is 2.90. The van der Waals surface area contributed by atoms with Gasteiger partial charge in [-0.2, -0.15) is 0 Å². The Morgan fingerprint density at radius 1 is 1.43 bits per heavy atom. The summed E-state index contributed by atoms with van der Waals surface area (Å²) in [6, 6.07) is 0.